The molecule has 0 bridgehead atoms. The number of piperidine rings is 1. The maximum absolute atomic E-state index is 5.95. The highest BCUT2D eigenvalue weighted by Crippen LogP contribution is 2.27. The second-order valence-electron chi connectivity index (χ2n) is 8.13. The van der Waals surface area contributed by atoms with Crippen LogP contribution < -0.4 is 15.2 Å². The Labute approximate surface area is 159 Å². The first-order valence-electron chi connectivity index (χ1n) is 10.3. The minimum Gasteiger partial charge on any atom is -0.494 e. The Morgan fingerprint density at radius 2 is 1.85 bits per heavy atom. The van der Waals surface area contributed by atoms with Gasteiger partial charge in [0.15, 0.2) is 0 Å². The van der Waals surface area contributed by atoms with Crippen LogP contribution in [-0.4, -0.2) is 37.2 Å². The summed E-state index contributed by atoms with van der Waals surface area (Å²) in [6.07, 6.45) is 8.70. The predicted octanol–water partition coefficient (Wildman–Crippen LogP) is 4.58. The van der Waals surface area contributed by atoms with Gasteiger partial charge in [-0.2, -0.15) is 0 Å². The fraction of sp³-hybridized carbons (Fsp3) is 0.636. The van der Waals surface area contributed by atoms with Crippen molar-refractivity contribution >= 4 is 5.69 Å². The van der Waals surface area contributed by atoms with E-state index in [1.165, 1.54) is 43.7 Å². The van der Waals surface area contributed by atoms with Crippen LogP contribution in [-0.2, 0) is 0 Å². The highest BCUT2D eigenvalue weighted by molar-refractivity contribution is 5.52. The van der Waals surface area contributed by atoms with E-state index >= 15 is 0 Å². The van der Waals surface area contributed by atoms with Gasteiger partial charge in [-0.1, -0.05) is 20.3 Å². The minimum absolute atomic E-state index is 0.423. The van der Waals surface area contributed by atoms with Crippen molar-refractivity contribution in [2.45, 2.75) is 58.9 Å². The zero-order valence-corrected chi connectivity index (χ0v) is 16.7. The van der Waals surface area contributed by atoms with Crippen LogP contribution in [0.3, 0.4) is 0 Å². The van der Waals surface area contributed by atoms with Crippen LogP contribution in [0, 0.1) is 5.92 Å². The van der Waals surface area contributed by atoms with Crippen LogP contribution in [0.15, 0.2) is 36.0 Å². The van der Waals surface area contributed by atoms with Crippen molar-refractivity contribution in [2.24, 2.45) is 5.92 Å². The second-order valence-corrected chi connectivity index (χ2v) is 8.13. The van der Waals surface area contributed by atoms with Crippen molar-refractivity contribution in [3.8, 4) is 5.75 Å². The molecule has 4 nitrogen and oxygen atoms in total. The van der Waals surface area contributed by atoms with E-state index in [4.69, 9.17) is 4.74 Å². The molecule has 0 aromatic heterocycles. The third-order valence-electron chi connectivity index (χ3n) is 5.23. The average Bonchev–Trinajstić information content (AvgIpc) is 2.99. The largest absolute Gasteiger partial charge is 0.494 e. The highest BCUT2D eigenvalue weighted by Gasteiger charge is 2.23. The summed E-state index contributed by atoms with van der Waals surface area (Å²) in [5.41, 5.74) is 5.91. The lowest BCUT2D eigenvalue weighted by atomic mass is 10.0. The Balaban J connectivity index is 1.45. The number of anilines is 1. The molecular weight excluding hydrogens is 322 g/mol. The van der Waals surface area contributed by atoms with Gasteiger partial charge >= 0.3 is 0 Å². The van der Waals surface area contributed by atoms with E-state index in [0.29, 0.717) is 12.0 Å². The number of rotatable bonds is 8. The molecule has 1 fully saturated rings. The monoisotopic (exact) mass is 357 g/mol. The molecule has 0 radical (unpaired) electrons. The fourth-order valence-electron chi connectivity index (χ4n) is 3.95. The summed E-state index contributed by atoms with van der Waals surface area (Å²) >= 11 is 0. The third kappa shape index (κ3) is 5.41. The second kappa shape index (κ2) is 9.31. The number of hydrazine groups is 1. The molecule has 144 valence electrons. The summed E-state index contributed by atoms with van der Waals surface area (Å²) in [5.74, 6) is 1.64. The van der Waals surface area contributed by atoms with E-state index in [0.717, 1.165) is 31.7 Å². The maximum atomic E-state index is 5.95. The van der Waals surface area contributed by atoms with Gasteiger partial charge in [-0.25, -0.2) is 0 Å². The smallest absolute Gasteiger partial charge is 0.119 e. The number of hydrogen-bond donors (Lipinski definition) is 1. The molecular formula is C22H35N3O. The van der Waals surface area contributed by atoms with Gasteiger partial charge in [0.1, 0.15) is 5.75 Å². The Morgan fingerprint density at radius 3 is 2.54 bits per heavy atom. The van der Waals surface area contributed by atoms with Gasteiger partial charge in [-0.05, 0) is 82.0 Å². The molecule has 0 saturated carbocycles. The normalized spacial score (nSPS) is 21.0. The van der Waals surface area contributed by atoms with Crippen molar-refractivity contribution in [2.75, 3.05) is 31.3 Å². The molecule has 1 aromatic carbocycles. The van der Waals surface area contributed by atoms with Crippen molar-refractivity contribution in [1.29, 1.82) is 0 Å². The van der Waals surface area contributed by atoms with Gasteiger partial charge in [0.25, 0.3) is 0 Å². The Hall–Kier alpha value is -1.68. The van der Waals surface area contributed by atoms with Crippen LogP contribution in [0.2, 0.25) is 0 Å². The van der Waals surface area contributed by atoms with E-state index in [2.05, 4.69) is 66.4 Å². The first-order chi connectivity index (χ1) is 12.6. The first-order valence-corrected chi connectivity index (χ1v) is 10.3. The molecule has 26 heavy (non-hydrogen) atoms. The van der Waals surface area contributed by atoms with Gasteiger partial charge in [-0.15, -0.1) is 0 Å². The molecule has 0 aliphatic carbocycles. The standard InChI is InChI=1S/C22H35N3O/c1-18(2)16-21-17-19(3)23-25(21)20-8-10-22(11-9-20)26-15-7-14-24-12-5-4-6-13-24/h8-11,17-18,21,23H,4-7,12-16H2,1-3H3. The summed E-state index contributed by atoms with van der Waals surface area (Å²) < 4.78 is 5.95. The molecule has 1 N–H and O–H groups in total. The zero-order chi connectivity index (χ0) is 18.4. The molecule has 2 aliphatic rings. The molecule has 2 aliphatic heterocycles. The molecule has 3 rings (SSSR count). The lowest BCUT2D eigenvalue weighted by molar-refractivity contribution is 0.205. The number of ether oxygens (including phenoxy) is 1. The van der Waals surface area contributed by atoms with E-state index in [-0.39, 0.29) is 0 Å². The van der Waals surface area contributed by atoms with Crippen molar-refractivity contribution < 1.29 is 4.74 Å². The molecule has 1 atom stereocenters. The average molecular weight is 358 g/mol. The molecule has 2 heterocycles. The van der Waals surface area contributed by atoms with Crippen LogP contribution in [0.1, 0.15) is 52.9 Å². The van der Waals surface area contributed by atoms with Gasteiger partial charge in [0.2, 0.25) is 0 Å². The van der Waals surface area contributed by atoms with E-state index in [1.54, 1.807) is 0 Å². The van der Waals surface area contributed by atoms with E-state index in [1.807, 2.05) is 0 Å². The summed E-state index contributed by atoms with van der Waals surface area (Å²) in [4.78, 5) is 2.57. The van der Waals surface area contributed by atoms with Crippen molar-refractivity contribution in [3.63, 3.8) is 0 Å². The quantitative estimate of drug-likeness (QED) is 0.689. The Kier molecular flexibility index (Phi) is 6.84. The van der Waals surface area contributed by atoms with Gasteiger partial charge < -0.3 is 15.1 Å². The van der Waals surface area contributed by atoms with Crippen LogP contribution >= 0.6 is 0 Å². The van der Waals surface area contributed by atoms with Crippen molar-refractivity contribution in [1.82, 2.24) is 10.3 Å². The van der Waals surface area contributed by atoms with Gasteiger partial charge in [0.05, 0.1) is 18.3 Å². The lowest BCUT2D eigenvalue weighted by Crippen LogP contribution is -2.39. The molecule has 1 saturated heterocycles. The van der Waals surface area contributed by atoms with Crippen LogP contribution in [0.4, 0.5) is 5.69 Å². The zero-order valence-electron chi connectivity index (χ0n) is 16.7. The number of hydrogen-bond acceptors (Lipinski definition) is 4. The predicted molar refractivity (Wildman–Crippen MR) is 109 cm³/mol. The van der Waals surface area contributed by atoms with E-state index in [9.17, 15) is 0 Å². The van der Waals surface area contributed by atoms with Gasteiger partial charge in [-0.3, -0.25) is 5.01 Å². The van der Waals surface area contributed by atoms with E-state index < -0.39 is 0 Å². The topological polar surface area (TPSA) is 27.7 Å². The summed E-state index contributed by atoms with van der Waals surface area (Å²) in [5, 5.41) is 2.27. The number of nitrogens with zero attached hydrogens (tertiary/aromatic N) is 2. The number of benzene rings is 1. The summed E-state index contributed by atoms with van der Waals surface area (Å²) in [7, 11) is 0. The minimum atomic E-state index is 0.423. The number of nitrogens with one attached hydrogen (secondary N) is 1. The molecule has 4 heteroatoms. The summed E-state index contributed by atoms with van der Waals surface area (Å²) in [6, 6.07) is 8.93. The Morgan fingerprint density at radius 1 is 1.12 bits per heavy atom. The molecule has 0 spiro atoms. The fourth-order valence-corrected chi connectivity index (χ4v) is 3.95. The SMILES string of the molecule is CC1=CC(CC(C)C)N(c2ccc(OCCCN3CCCCC3)cc2)N1. The third-order valence-corrected chi connectivity index (χ3v) is 5.23. The van der Waals surface area contributed by atoms with Crippen LogP contribution in [0.25, 0.3) is 0 Å². The van der Waals surface area contributed by atoms with Crippen LogP contribution in [0.5, 0.6) is 5.75 Å². The van der Waals surface area contributed by atoms with Crippen molar-refractivity contribution in [3.05, 3.63) is 36.0 Å². The molecule has 0 amide bonds. The number of allylic oxidation sites excluding steroid dienone is 1. The summed E-state index contributed by atoms with van der Waals surface area (Å²) in [6.45, 7) is 11.2. The first kappa shape index (κ1) is 19.1. The molecule has 1 aromatic rings. The lowest BCUT2D eigenvalue weighted by Gasteiger charge is -2.28. The highest BCUT2D eigenvalue weighted by atomic mass is 16.5. The number of likely N-dealkylation sites (tertiary alicyclic amines) is 1. The van der Waals surface area contributed by atoms with Gasteiger partial charge in [0, 0.05) is 12.2 Å². The maximum Gasteiger partial charge on any atom is 0.119 e. The molecule has 1 unspecified atom stereocenters. The Bertz CT molecular complexity index is 576.